The van der Waals surface area contributed by atoms with Crippen molar-refractivity contribution in [1.82, 2.24) is 40.4 Å². The fraction of sp³-hybridized carbons (Fsp3) is 0.320. The van der Waals surface area contributed by atoms with Crippen molar-refractivity contribution in [1.29, 1.82) is 0 Å². The number of rotatable bonds is 9. The van der Waals surface area contributed by atoms with Crippen molar-refractivity contribution < 1.29 is 37.4 Å². The summed E-state index contributed by atoms with van der Waals surface area (Å²) in [5, 5.41) is 5.22. The van der Waals surface area contributed by atoms with Crippen LogP contribution in [0.1, 0.15) is 96.6 Å². The summed E-state index contributed by atoms with van der Waals surface area (Å²) in [6, 6.07) is 21.7. The molecule has 6 aromatic rings. The summed E-state index contributed by atoms with van der Waals surface area (Å²) in [4.78, 5) is 73.2. The topological polar surface area (TPSA) is 175 Å². The summed E-state index contributed by atoms with van der Waals surface area (Å²) in [5.41, 5.74) is 5.27. The van der Waals surface area contributed by atoms with Crippen LogP contribution in [0.3, 0.4) is 0 Å². The molecule has 14 nitrogen and oxygen atoms in total. The lowest BCUT2D eigenvalue weighted by molar-refractivity contribution is -0.135. The molecule has 4 atom stereocenters. The zero-order valence-electron chi connectivity index (χ0n) is 36.2. The molecule has 16 heteroatoms. The molecule has 2 aliphatic carbocycles. The van der Waals surface area contributed by atoms with Gasteiger partial charge in [-0.15, -0.1) is 0 Å². The molecule has 4 aliphatic rings. The molecule has 2 saturated carbocycles. The molecule has 2 aliphatic heterocycles. The fourth-order valence-electron chi connectivity index (χ4n) is 9.57. The average molecular weight is 893 g/mol. The number of benzene rings is 4. The van der Waals surface area contributed by atoms with Crippen LogP contribution >= 0.6 is 0 Å². The zero-order chi connectivity index (χ0) is 45.7. The van der Waals surface area contributed by atoms with E-state index in [9.17, 15) is 28.0 Å². The normalized spacial score (nSPS) is 19.5. The molecule has 2 aromatic heterocycles. The van der Waals surface area contributed by atoms with Crippen LogP contribution in [-0.4, -0.2) is 81.0 Å². The molecular formula is C50H46F2N8O6. The Morgan fingerprint density at radius 1 is 0.697 bits per heavy atom. The number of carbonyl (C=O) groups is 4. The van der Waals surface area contributed by atoms with Gasteiger partial charge in [0.15, 0.2) is 0 Å². The first-order chi connectivity index (χ1) is 31.9. The van der Waals surface area contributed by atoms with Gasteiger partial charge >= 0.3 is 12.2 Å². The van der Waals surface area contributed by atoms with Crippen LogP contribution < -0.4 is 10.6 Å². The lowest BCUT2D eigenvalue weighted by atomic mass is 10.0. The first-order valence-corrected chi connectivity index (χ1v) is 21.9. The van der Waals surface area contributed by atoms with Gasteiger partial charge in [0.2, 0.25) is 0 Å². The van der Waals surface area contributed by atoms with Gasteiger partial charge in [-0.3, -0.25) is 9.59 Å². The van der Waals surface area contributed by atoms with Gasteiger partial charge in [0.05, 0.1) is 49.2 Å². The molecule has 0 radical (unpaired) electrons. The van der Waals surface area contributed by atoms with Gasteiger partial charge in [0.1, 0.15) is 35.4 Å². The van der Waals surface area contributed by atoms with Crippen molar-refractivity contribution in [2.45, 2.75) is 62.7 Å². The highest BCUT2D eigenvalue weighted by Crippen LogP contribution is 2.59. The summed E-state index contributed by atoms with van der Waals surface area (Å²) >= 11 is 0. The van der Waals surface area contributed by atoms with Gasteiger partial charge in [-0.05, 0) is 121 Å². The molecule has 0 bridgehead atoms. The van der Waals surface area contributed by atoms with Gasteiger partial charge in [-0.25, -0.2) is 28.3 Å². The zero-order valence-corrected chi connectivity index (χ0v) is 36.2. The Kier molecular flexibility index (Phi) is 10.8. The number of carbonyl (C=O) groups excluding carboxylic acids is 4. The van der Waals surface area contributed by atoms with E-state index in [0.717, 1.165) is 59.1 Å². The minimum absolute atomic E-state index is 0.0191. The number of alkyl carbamates (subject to hydrolysis) is 2. The lowest BCUT2D eigenvalue weighted by Gasteiger charge is -2.28. The summed E-state index contributed by atoms with van der Waals surface area (Å²) in [6.07, 6.45) is 5.51. The van der Waals surface area contributed by atoms with Gasteiger partial charge in [0.25, 0.3) is 11.8 Å². The SMILES string of the molecule is COC(=O)N[C@@H](C(=O)N1CC2(CC2)C[C@H]1c1ncc(-c2ccc(C#Cc3ccc4nc([C@@H]5CC6(CC6)CN5C(=O)[C@H](NC(=O)OC)c5cccc(F)c5)[nH]c4c3)cc2)[nH]1)c1cccc(F)c1. The van der Waals surface area contributed by atoms with E-state index in [2.05, 4.69) is 32.4 Å². The summed E-state index contributed by atoms with van der Waals surface area (Å²) in [6.45, 7) is 0.999. The molecule has 4 N–H and O–H groups in total. The maximum atomic E-state index is 14.3. The lowest BCUT2D eigenvalue weighted by Crippen LogP contribution is -2.43. The van der Waals surface area contributed by atoms with Crippen molar-refractivity contribution in [2.75, 3.05) is 27.3 Å². The number of aromatic amines is 2. The number of ether oxygens (including phenoxy) is 2. The summed E-state index contributed by atoms with van der Waals surface area (Å²) in [5.74, 6) is 5.99. The fourth-order valence-corrected chi connectivity index (χ4v) is 9.57. The molecule has 4 amide bonds. The molecule has 0 unspecified atom stereocenters. The van der Waals surface area contributed by atoms with Crippen molar-refractivity contribution in [3.05, 3.63) is 143 Å². The van der Waals surface area contributed by atoms with Crippen LogP contribution in [0.5, 0.6) is 0 Å². The molecule has 336 valence electrons. The monoisotopic (exact) mass is 892 g/mol. The van der Waals surface area contributed by atoms with E-state index in [4.69, 9.17) is 19.4 Å². The highest BCUT2D eigenvalue weighted by Gasteiger charge is 2.56. The molecule has 4 fully saturated rings. The number of methoxy groups -OCH3 is 2. The number of imidazole rings is 2. The predicted molar refractivity (Wildman–Crippen MR) is 237 cm³/mol. The number of aromatic nitrogens is 4. The smallest absolute Gasteiger partial charge is 0.407 e. The summed E-state index contributed by atoms with van der Waals surface area (Å²) in [7, 11) is 2.43. The number of amides is 4. The standard InChI is InChI=1S/C50H46F2N8O6/c1-65-47(63)57-41(32-5-3-7-34(51)22-32)45(61)59-27-49(17-18-49)24-39(59)43-53-26-38(56-43)31-14-11-29(12-15-31)9-10-30-13-16-36-37(21-30)55-44(54-36)40-25-50(19-20-50)28-60(40)46(62)42(58-48(64)66-2)33-6-4-8-35(52)23-33/h3-8,11-16,21-23,26,39-42H,17-20,24-25,27-28H2,1-2H3,(H,53,56)(H,54,55)(H,57,63)(H,58,64)/t39-,40-,41+,42+/m0/s1. The number of hydrogen-bond acceptors (Lipinski definition) is 8. The van der Waals surface area contributed by atoms with E-state index in [1.165, 1.54) is 50.6 Å². The molecular weight excluding hydrogens is 847 g/mol. The number of H-pyrrole nitrogens is 2. The molecule has 10 rings (SSSR count). The Bertz CT molecular complexity index is 2950. The number of nitrogens with zero attached hydrogens (tertiary/aromatic N) is 4. The quantitative estimate of drug-likeness (QED) is 0.106. The van der Waals surface area contributed by atoms with Crippen LogP contribution in [0, 0.1) is 34.3 Å². The minimum atomic E-state index is -1.15. The average Bonchev–Trinajstić information content (AvgIpc) is 3.94. The van der Waals surface area contributed by atoms with Gasteiger partial charge < -0.3 is 39.9 Å². The molecule has 4 aromatic carbocycles. The van der Waals surface area contributed by atoms with Crippen molar-refractivity contribution in [3.8, 4) is 23.1 Å². The second-order valence-electron chi connectivity index (χ2n) is 18.0. The van der Waals surface area contributed by atoms with E-state index in [1.54, 1.807) is 28.1 Å². The van der Waals surface area contributed by atoms with Gasteiger partial charge in [0, 0.05) is 24.2 Å². The predicted octanol–water partition coefficient (Wildman–Crippen LogP) is 7.93. The van der Waals surface area contributed by atoms with Crippen LogP contribution in [0.2, 0.25) is 0 Å². The first kappa shape index (κ1) is 42.4. The third-order valence-electron chi connectivity index (χ3n) is 13.5. The van der Waals surface area contributed by atoms with Crippen LogP contribution in [0.25, 0.3) is 22.3 Å². The third-order valence-corrected chi connectivity index (χ3v) is 13.5. The van der Waals surface area contributed by atoms with E-state index in [1.807, 2.05) is 42.5 Å². The number of likely N-dealkylation sites (tertiary alicyclic amines) is 2. The van der Waals surface area contributed by atoms with Crippen LogP contribution in [0.4, 0.5) is 18.4 Å². The number of hydrogen-bond donors (Lipinski definition) is 4. The van der Waals surface area contributed by atoms with Gasteiger partial charge in [-0.2, -0.15) is 0 Å². The van der Waals surface area contributed by atoms with E-state index in [0.29, 0.717) is 48.7 Å². The van der Waals surface area contributed by atoms with Crippen LogP contribution in [0.15, 0.2) is 97.2 Å². The highest BCUT2D eigenvalue weighted by molar-refractivity contribution is 5.89. The summed E-state index contributed by atoms with van der Waals surface area (Å²) < 4.78 is 38.2. The maximum Gasteiger partial charge on any atom is 0.407 e. The van der Waals surface area contributed by atoms with Crippen molar-refractivity contribution in [3.63, 3.8) is 0 Å². The molecule has 66 heavy (non-hydrogen) atoms. The van der Waals surface area contributed by atoms with Crippen molar-refractivity contribution in [2.24, 2.45) is 10.8 Å². The number of nitrogens with one attached hydrogen (secondary N) is 4. The molecule has 4 heterocycles. The maximum absolute atomic E-state index is 14.3. The minimum Gasteiger partial charge on any atom is -0.453 e. The highest BCUT2D eigenvalue weighted by atomic mass is 19.1. The largest absolute Gasteiger partial charge is 0.453 e. The Morgan fingerprint density at radius 2 is 1.23 bits per heavy atom. The van der Waals surface area contributed by atoms with Crippen LogP contribution in [-0.2, 0) is 19.1 Å². The van der Waals surface area contributed by atoms with E-state index < -0.39 is 35.9 Å². The Labute approximate surface area is 378 Å². The Balaban J connectivity index is 0.843. The Morgan fingerprint density at radius 3 is 1.76 bits per heavy atom. The second kappa shape index (κ2) is 16.8. The van der Waals surface area contributed by atoms with E-state index in [-0.39, 0.29) is 34.7 Å². The number of fused-ring (bicyclic) bond motifs is 1. The van der Waals surface area contributed by atoms with Crippen molar-refractivity contribution >= 4 is 35.0 Å². The van der Waals surface area contributed by atoms with Gasteiger partial charge in [-0.1, -0.05) is 48.2 Å². The molecule has 2 saturated heterocycles. The number of halogens is 2. The first-order valence-electron chi connectivity index (χ1n) is 21.9. The Hall–Kier alpha value is -7.54. The van der Waals surface area contributed by atoms with E-state index >= 15 is 0 Å². The molecule has 2 spiro atoms. The second-order valence-corrected chi connectivity index (χ2v) is 18.0. The third kappa shape index (κ3) is 8.44.